The predicted octanol–water partition coefficient (Wildman–Crippen LogP) is 5.75. The number of ether oxygens (including phenoxy) is 3. The molecule has 172 valence electrons. The Labute approximate surface area is 194 Å². The van der Waals surface area contributed by atoms with Gasteiger partial charge in [-0.05, 0) is 80.1 Å². The number of aromatic nitrogens is 1. The third-order valence-corrected chi connectivity index (χ3v) is 5.54. The highest BCUT2D eigenvalue weighted by Gasteiger charge is 2.21. The van der Waals surface area contributed by atoms with E-state index in [1.807, 2.05) is 68.4 Å². The Hall–Kier alpha value is -3.54. The van der Waals surface area contributed by atoms with Crippen LogP contribution in [0.1, 0.15) is 49.6 Å². The van der Waals surface area contributed by atoms with Crippen molar-refractivity contribution >= 4 is 5.91 Å². The van der Waals surface area contributed by atoms with E-state index in [9.17, 15) is 4.79 Å². The largest absolute Gasteiger partial charge is 0.493 e. The minimum atomic E-state index is -0.0460. The Morgan fingerprint density at radius 3 is 2.48 bits per heavy atom. The number of pyridine rings is 1. The van der Waals surface area contributed by atoms with Crippen LogP contribution in [0.4, 0.5) is 0 Å². The number of rotatable bonds is 10. The summed E-state index contributed by atoms with van der Waals surface area (Å²) in [6, 6.07) is 17.3. The van der Waals surface area contributed by atoms with E-state index in [0.29, 0.717) is 18.3 Å². The van der Waals surface area contributed by atoms with Gasteiger partial charge in [0, 0.05) is 13.0 Å². The zero-order valence-corrected chi connectivity index (χ0v) is 19.3. The van der Waals surface area contributed by atoms with Crippen molar-refractivity contribution in [1.29, 1.82) is 0 Å². The molecule has 4 rings (SSSR count). The molecule has 0 saturated heterocycles. The lowest BCUT2D eigenvalue weighted by Gasteiger charge is -2.16. The van der Waals surface area contributed by atoms with Gasteiger partial charge in [-0.2, -0.15) is 0 Å². The summed E-state index contributed by atoms with van der Waals surface area (Å²) in [7, 11) is 0. The number of carbonyl (C=O) groups is 1. The smallest absolute Gasteiger partial charge is 0.217 e. The lowest BCUT2D eigenvalue weighted by molar-refractivity contribution is -0.119. The van der Waals surface area contributed by atoms with E-state index in [-0.39, 0.29) is 11.9 Å². The first-order valence-electron chi connectivity index (χ1n) is 11.3. The van der Waals surface area contributed by atoms with Crippen molar-refractivity contribution in [1.82, 2.24) is 10.3 Å². The molecule has 0 aliphatic heterocycles. The van der Waals surface area contributed by atoms with Gasteiger partial charge < -0.3 is 19.5 Å². The molecular weight excluding hydrogens is 416 g/mol. The third kappa shape index (κ3) is 6.72. The number of benzene rings is 2. The summed E-state index contributed by atoms with van der Waals surface area (Å²) in [4.78, 5) is 15.8. The van der Waals surface area contributed by atoms with E-state index in [1.54, 1.807) is 6.20 Å². The van der Waals surface area contributed by atoms with Crippen LogP contribution in [-0.2, 0) is 11.4 Å². The van der Waals surface area contributed by atoms with E-state index < -0.39 is 0 Å². The molecule has 1 aliphatic carbocycles. The number of hydrogen-bond acceptors (Lipinski definition) is 5. The van der Waals surface area contributed by atoms with Gasteiger partial charge in [-0.1, -0.05) is 12.1 Å². The fourth-order valence-corrected chi connectivity index (χ4v) is 3.58. The second-order valence-electron chi connectivity index (χ2n) is 8.55. The maximum Gasteiger partial charge on any atom is 0.217 e. The third-order valence-electron chi connectivity index (χ3n) is 5.54. The number of aryl methyl sites for hydroxylation is 1. The van der Waals surface area contributed by atoms with Gasteiger partial charge in [0.05, 0.1) is 24.5 Å². The Kier molecular flexibility index (Phi) is 7.13. The van der Waals surface area contributed by atoms with Crippen LogP contribution < -0.4 is 19.5 Å². The van der Waals surface area contributed by atoms with E-state index in [2.05, 4.69) is 10.3 Å². The van der Waals surface area contributed by atoms with Crippen molar-refractivity contribution in [3.63, 3.8) is 0 Å². The molecule has 1 saturated carbocycles. The molecule has 33 heavy (non-hydrogen) atoms. The van der Waals surface area contributed by atoms with Crippen LogP contribution in [0.2, 0.25) is 0 Å². The average molecular weight is 447 g/mol. The lowest BCUT2D eigenvalue weighted by Crippen LogP contribution is -2.24. The summed E-state index contributed by atoms with van der Waals surface area (Å²) in [6.45, 7) is 6.63. The van der Waals surface area contributed by atoms with E-state index in [1.165, 1.54) is 19.8 Å². The monoisotopic (exact) mass is 446 g/mol. The molecule has 0 bridgehead atoms. The SMILES string of the molecule is CC(=O)NC(C)c1ccc(OCc2ccc(Oc3cccc(OCC4CC4)c3)cn2)cc1C. The van der Waals surface area contributed by atoms with Gasteiger partial charge in [-0.15, -0.1) is 0 Å². The molecule has 3 aromatic rings. The van der Waals surface area contributed by atoms with Crippen molar-refractivity contribution < 1.29 is 19.0 Å². The molecule has 1 heterocycles. The lowest BCUT2D eigenvalue weighted by atomic mass is 10.0. The molecule has 1 unspecified atom stereocenters. The normalized spacial score (nSPS) is 13.8. The summed E-state index contributed by atoms with van der Waals surface area (Å²) >= 11 is 0. The van der Waals surface area contributed by atoms with Gasteiger partial charge in [0.1, 0.15) is 29.6 Å². The zero-order chi connectivity index (χ0) is 23.2. The highest BCUT2D eigenvalue weighted by molar-refractivity contribution is 5.73. The standard InChI is InChI=1S/C27H30N2O4/c1-18-13-24(11-12-27(18)19(2)29-20(3)30)32-17-22-9-10-26(15-28-22)33-25-6-4-5-23(14-25)31-16-21-7-8-21/h4-6,9-15,19,21H,7-8,16-17H2,1-3H3,(H,29,30). The van der Waals surface area contributed by atoms with Crippen LogP contribution in [0.15, 0.2) is 60.8 Å². The molecule has 1 atom stereocenters. The number of nitrogens with zero attached hydrogens (tertiary/aromatic N) is 1. The minimum Gasteiger partial charge on any atom is -0.493 e. The van der Waals surface area contributed by atoms with Crippen LogP contribution in [0.5, 0.6) is 23.0 Å². The fourth-order valence-electron chi connectivity index (χ4n) is 3.58. The highest BCUT2D eigenvalue weighted by atomic mass is 16.5. The molecule has 1 fully saturated rings. The van der Waals surface area contributed by atoms with Crippen LogP contribution >= 0.6 is 0 Å². The quantitative estimate of drug-likeness (QED) is 0.430. The van der Waals surface area contributed by atoms with Crippen LogP contribution in [0.3, 0.4) is 0 Å². The molecule has 6 heteroatoms. The number of hydrogen-bond donors (Lipinski definition) is 1. The topological polar surface area (TPSA) is 69.7 Å². The molecule has 1 aromatic heterocycles. The van der Waals surface area contributed by atoms with Crippen LogP contribution in [0.25, 0.3) is 0 Å². The first-order chi connectivity index (χ1) is 16.0. The molecule has 1 aliphatic rings. The predicted molar refractivity (Wildman–Crippen MR) is 127 cm³/mol. The van der Waals surface area contributed by atoms with E-state index in [0.717, 1.165) is 40.7 Å². The van der Waals surface area contributed by atoms with Crippen LogP contribution in [-0.4, -0.2) is 17.5 Å². The average Bonchev–Trinajstić information content (AvgIpc) is 3.62. The second kappa shape index (κ2) is 10.4. The summed E-state index contributed by atoms with van der Waals surface area (Å²) in [5, 5.41) is 2.91. The van der Waals surface area contributed by atoms with Crippen molar-refractivity contribution in [2.24, 2.45) is 5.92 Å². The summed E-state index contributed by atoms with van der Waals surface area (Å²) in [5.74, 6) is 3.63. The van der Waals surface area contributed by atoms with Crippen molar-refractivity contribution in [3.05, 3.63) is 77.6 Å². The van der Waals surface area contributed by atoms with Gasteiger partial charge in [0.15, 0.2) is 0 Å². The fraction of sp³-hybridized carbons (Fsp3) is 0.333. The maximum atomic E-state index is 11.3. The summed E-state index contributed by atoms with van der Waals surface area (Å²) < 4.78 is 17.6. The first-order valence-corrected chi connectivity index (χ1v) is 11.3. The molecule has 1 amide bonds. The minimum absolute atomic E-state index is 0.0452. The molecule has 0 spiro atoms. The highest BCUT2D eigenvalue weighted by Crippen LogP contribution is 2.31. The Balaban J connectivity index is 1.30. The first kappa shape index (κ1) is 22.6. The van der Waals surface area contributed by atoms with Crippen molar-refractivity contribution in [3.8, 4) is 23.0 Å². The second-order valence-corrected chi connectivity index (χ2v) is 8.55. The van der Waals surface area contributed by atoms with Crippen LogP contribution in [0, 0.1) is 12.8 Å². The van der Waals surface area contributed by atoms with Gasteiger partial charge in [0.2, 0.25) is 5.91 Å². The zero-order valence-electron chi connectivity index (χ0n) is 19.3. The van der Waals surface area contributed by atoms with Gasteiger partial charge in [0.25, 0.3) is 0 Å². The molecule has 2 aromatic carbocycles. The molecule has 1 N–H and O–H groups in total. The van der Waals surface area contributed by atoms with Gasteiger partial charge >= 0.3 is 0 Å². The molecular formula is C27H30N2O4. The van der Waals surface area contributed by atoms with Crippen molar-refractivity contribution in [2.75, 3.05) is 6.61 Å². The number of amides is 1. The van der Waals surface area contributed by atoms with Gasteiger partial charge in [-0.3, -0.25) is 9.78 Å². The maximum absolute atomic E-state index is 11.3. The summed E-state index contributed by atoms with van der Waals surface area (Å²) in [5.41, 5.74) is 2.94. The van der Waals surface area contributed by atoms with E-state index >= 15 is 0 Å². The number of carbonyl (C=O) groups excluding carboxylic acids is 1. The summed E-state index contributed by atoms with van der Waals surface area (Å²) in [6.07, 6.45) is 4.22. The van der Waals surface area contributed by atoms with Gasteiger partial charge in [-0.25, -0.2) is 0 Å². The Morgan fingerprint density at radius 1 is 1.03 bits per heavy atom. The Bertz CT molecular complexity index is 1090. The van der Waals surface area contributed by atoms with E-state index in [4.69, 9.17) is 14.2 Å². The van der Waals surface area contributed by atoms with Crippen molar-refractivity contribution in [2.45, 2.75) is 46.3 Å². The molecule has 6 nitrogen and oxygen atoms in total. The Morgan fingerprint density at radius 2 is 1.79 bits per heavy atom. The molecule has 0 radical (unpaired) electrons. The number of nitrogens with one attached hydrogen (secondary N) is 1.